The summed E-state index contributed by atoms with van der Waals surface area (Å²) in [4.78, 5) is 16.0. The maximum atomic E-state index is 4.33. The largest absolute Gasteiger partial charge is 0.340 e. The van der Waals surface area contributed by atoms with Crippen molar-refractivity contribution >= 4 is 34.8 Å². The molecule has 1 aromatic carbocycles. The minimum Gasteiger partial charge on any atom is -0.340 e. The van der Waals surface area contributed by atoms with E-state index in [1.807, 2.05) is 18.3 Å². The van der Waals surface area contributed by atoms with Gasteiger partial charge in [-0.25, -0.2) is 9.97 Å². The molecule has 0 radical (unpaired) electrons. The molecule has 4 rings (SSSR count). The van der Waals surface area contributed by atoms with Crippen molar-refractivity contribution in [2.45, 2.75) is 6.54 Å². The first-order chi connectivity index (χ1) is 10.3. The number of hydrogen-bond acceptors (Lipinski definition) is 4. The smallest absolute Gasteiger partial charge is 0.143 e. The normalized spacial score (nSPS) is 12.6. The number of aliphatic imine (C=N–C) groups is 1. The number of fused-ring (bicyclic) bond motifs is 2. The summed E-state index contributed by atoms with van der Waals surface area (Å²) in [5, 5.41) is 4.29. The summed E-state index contributed by atoms with van der Waals surface area (Å²) in [5.41, 5.74) is 5.12. The third-order valence-corrected chi connectivity index (χ3v) is 3.57. The fourth-order valence-electron chi connectivity index (χ4n) is 2.49. The standard InChI is InChI=1S/C16H13N5/c1-2-12-6-14-15(20-12)18-9-19-16(14)21-13-4-3-10-7-17-8-11(10)5-13/h2-6,8-9H,1,7H2,(H2,18,19,20,21). The van der Waals surface area contributed by atoms with E-state index in [0.717, 1.165) is 40.3 Å². The van der Waals surface area contributed by atoms with Gasteiger partial charge in [0.15, 0.2) is 0 Å². The van der Waals surface area contributed by atoms with Gasteiger partial charge in [-0.05, 0) is 35.4 Å². The van der Waals surface area contributed by atoms with Crippen molar-refractivity contribution in [2.75, 3.05) is 5.32 Å². The third-order valence-electron chi connectivity index (χ3n) is 3.57. The van der Waals surface area contributed by atoms with E-state index < -0.39 is 0 Å². The SMILES string of the molecule is C=Cc1cc2c(Nc3ccc4c(c3)C=NC4)ncnc2[nH]1. The van der Waals surface area contributed by atoms with Gasteiger partial charge in [0.2, 0.25) is 0 Å². The number of nitrogens with one attached hydrogen (secondary N) is 2. The molecular formula is C16H13N5. The van der Waals surface area contributed by atoms with E-state index in [0.29, 0.717) is 0 Å². The number of aromatic amines is 1. The van der Waals surface area contributed by atoms with Crippen LogP contribution in [-0.2, 0) is 6.54 Å². The lowest BCUT2D eigenvalue weighted by molar-refractivity contribution is 1.11. The number of anilines is 2. The molecule has 2 N–H and O–H groups in total. The van der Waals surface area contributed by atoms with Gasteiger partial charge in [0.25, 0.3) is 0 Å². The Morgan fingerprint density at radius 2 is 2.19 bits per heavy atom. The fourth-order valence-corrected chi connectivity index (χ4v) is 2.49. The van der Waals surface area contributed by atoms with Crippen molar-refractivity contribution in [3.05, 3.63) is 54.0 Å². The predicted octanol–water partition coefficient (Wildman–Crippen LogP) is 3.28. The zero-order valence-corrected chi connectivity index (χ0v) is 11.3. The van der Waals surface area contributed by atoms with Gasteiger partial charge in [-0.1, -0.05) is 12.6 Å². The molecule has 0 saturated heterocycles. The molecule has 21 heavy (non-hydrogen) atoms. The first kappa shape index (κ1) is 11.8. The molecular weight excluding hydrogens is 262 g/mol. The van der Waals surface area contributed by atoms with Crippen LogP contribution in [0.1, 0.15) is 16.8 Å². The Bertz CT molecular complexity index is 876. The summed E-state index contributed by atoms with van der Waals surface area (Å²) < 4.78 is 0. The number of benzene rings is 1. The third kappa shape index (κ3) is 1.99. The van der Waals surface area contributed by atoms with E-state index in [-0.39, 0.29) is 0 Å². The van der Waals surface area contributed by atoms with Crippen LogP contribution in [0.5, 0.6) is 0 Å². The summed E-state index contributed by atoms with van der Waals surface area (Å²) >= 11 is 0. The summed E-state index contributed by atoms with van der Waals surface area (Å²) in [6, 6.07) is 8.21. The molecule has 1 aliphatic heterocycles. The van der Waals surface area contributed by atoms with E-state index in [1.54, 1.807) is 12.4 Å². The minimum absolute atomic E-state index is 0.772. The molecule has 0 aliphatic carbocycles. The molecule has 0 atom stereocenters. The second-order valence-electron chi connectivity index (χ2n) is 4.92. The summed E-state index contributed by atoms with van der Waals surface area (Å²) in [6.45, 7) is 4.54. The minimum atomic E-state index is 0.772. The molecule has 1 aliphatic rings. The van der Waals surface area contributed by atoms with Crippen LogP contribution in [-0.4, -0.2) is 21.2 Å². The molecule has 0 amide bonds. The molecule has 0 unspecified atom stereocenters. The Kier molecular flexibility index (Phi) is 2.57. The molecule has 0 saturated carbocycles. The molecule has 0 spiro atoms. The highest BCUT2D eigenvalue weighted by Gasteiger charge is 2.10. The molecule has 2 aromatic heterocycles. The van der Waals surface area contributed by atoms with Gasteiger partial charge >= 0.3 is 0 Å². The van der Waals surface area contributed by atoms with Crippen molar-refractivity contribution in [3.63, 3.8) is 0 Å². The van der Waals surface area contributed by atoms with Crippen molar-refractivity contribution in [1.82, 2.24) is 15.0 Å². The Morgan fingerprint density at radius 3 is 3.10 bits per heavy atom. The average molecular weight is 275 g/mol. The van der Waals surface area contributed by atoms with Gasteiger partial charge in [0, 0.05) is 17.6 Å². The van der Waals surface area contributed by atoms with E-state index in [1.165, 1.54) is 5.56 Å². The predicted molar refractivity (Wildman–Crippen MR) is 85.0 cm³/mol. The van der Waals surface area contributed by atoms with Crippen molar-refractivity contribution in [2.24, 2.45) is 4.99 Å². The van der Waals surface area contributed by atoms with Gasteiger partial charge in [-0.3, -0.25) is 4.99 Å². The van der Waals surface area contributed by atoms with Crippen LogP contribution in [0.25, 0.3) is 17.1 Å². The topological polar surface area (TPSA) is 66.0 Å². The number of H-pyrrole nitrogens is 1. The lowest BCUT2D eigenvalue weighted by Crippen LogP contribution is -1.96. The van der Waals surface area contributed by atoms with Crippen molar-refractivity contribution in [3.8, 4) is 0 Å². The van der Waals surface area contributed by atoms with Crippen LogP contribution in [0.4, 0.5) is 11.5 Å². The quantitative estimate of drug-likeness (QED) is 0.771. The molecule has 0 bridgehead atoms. The van der Waals surface area contributed by atoms with Crippen LogP contribution >= 0.6 is 0 Å². The van der Waals surface area contributed by atoms with E-state index in [2.05, 4.69) is 44.0 Å². The maximum absolute atomic E-state index is 4.33. The molecule has 102 valence electrons. The monoisotopic (exact) mass is 275 g/mol. The van der Waals surface area contributed by atoms with E-state index in [4.69, 9.17) is 0 Å². The van der Waals surface area contributed by atoms with Crippen LogP contribution in [0, 0.1) is 0 Å². The van der Waals surface area contributed by atoms with Crippen LogP contribution in [0.2, 0.25) is 0 Å². The second kappa shape index (κ2) is 4.56. The van der Waals surface area contributed by atoms with Gasteiger partial charge in [-0.15, -0.1) is 0 Å². The van der Waals surface area contributed by atoms with Gasteiger partial charge < -0.3 is 10.3 Å². The van der Waals surface area contributed by atoms with Crippen LogP contribution in [0.3, 0.4) is 0 Å². The first-order valence-electron chi connectivity index (χ1n) is 6.69. The Balaban J connectivity index is 1.75. The molecule has 5 nitrogen and oxygen atoms in total. The lowest BCUT2D eigenvalue weighted by atomic mass is 10.1. The van der Waals surface area contributed by atoms with E-state index >= 15 is 0 Å². The Labute approximate surface area is 121 Å². The lowest BCUT2D eigenvalue weighted by Gasteiger charge is -2.07. The zero-order valence-electron chi connectivity index (χ0n) is 11.3. The highest BCUT2D eigenvalue weighted by molar-refractivity contribution is 5.92. The average Bonchev–Trinajstić information content (AvgIpc) is 3.13. The molecule has 5 heteroatoms. The zero-order chi connectivity index (χ0) is 14.2. The van der Waals surface area contributed by atoms with Gasteiger partial charge in [-0.2, -0.15) is 0 Å². The van der Waals surface area contributed by atoms with Crippen LogP contribution < -0.4 is 5.32 Å². The highest BCUT2D eigenvalue weighted by Crippen LogP contribution is 2.26. The number of hydrogen-bond donors (Lipinski definition) is 2. The fraction of sp³-hybridized carbons (Fsp3) is 0.0625. The summed E-state index contributed by atoms with van der Waals surface area (Å²) in [7, 11) is 0. The number of nitrogens with zero attached hydrogens (tertiary/aromatic N) is 3. The van der Waals surface area contributed by atoms with Gasteiger partial charge in [0.1, 0.15) is 17.8 Å². The number of rotatable bonds is 3. The second-order valence-corrected chi connectivity index (χ2v) is 4.92. The van der Waals surface area contributed by atoms with E-state index in [9.17, 15) is 0 Å². The summed E-state index contributed by atoms with van der Waals surface area (Å²) in [5.74, 6) is 0.777. The molecule has 3 aromatic rings. The Hall–Kier alpha value is -2.95. The van der Waals surface area contributed by atoms with Crippen LogP contribution in [0.15, 0.2) is 42.2 Å². The van der Waals surface area contributed by atoms with Crippen molar-refractivity contribution in [1.29, 1.82) is 0 Å². The highest BCUT2D eigenvalue weighted by atomic mass is 15.0. The van der Waals surface area contributed by atoms with Gasteiger partial charge in [0.05, 0.1) is 11.9 Å². The number of aromatic nitrogens is 3. The van der Waals surface area contributed by atoms with Crippen molar-refractivity contribution < 1.29 is 0 Å². The molecule has 3 heterocycles. The Morgan fingerprint density at radius 1 is 1.24 bits per heavy atom. The molecule has 0 fully saturated rings. The maximum Gasteiger partial charge on any atom is 0.143 e. The summed E-state index contributed by atoms with van der Waals surface area (Å²) in [6.07, 6.45) is 5.21. The first-order valence-corrected chi connectivity index (χ1v) is 6.69.